The minimum atomic E-state index is -0.519. The molecule has 2 heterocycles. The highest BCUT2D eigenvalue weighted by Gasteiger charge is 2.13. The molecule has 0 spiro atoms. The minimum Gasteiger partial charge on any atom is -0.380 e. The van der Waals surface area contributed by atoms with Gasteiger partial charge in [-0.25, -0.2) is 4.98 Å². The number of fused-ring (bicyclic) bond motifs is 1. The molecule has 1 amide bonds. The Kier molecular flexibility index (Phi) is 6.27. The molecule has 0 bridgehead atoms. The Morgan fingerprint density at radius 2 is 1.74 bits per heavy atom. The zero-order valence-corrected chi connectivity index (χ0v) is 18.8. The zero-order chi connectivity index (χ0) is 23.3. The van der Waals surface area contributed by atoms with Crippen molar-refractivity contribution in [2.45, 2.75) is 6.54 Å². The second-order valence-corrected chi connectivity index (χ2v) is 8.29. The van der Waals surface area contributed by atoms with Crippen molar-refractivity contribution in [3.05, 3.63) is 90.1 Å². The number of benzene rings is 3. The van der Waals surface area contributed by atoms with Crippen molar-refractivity contribution < 1.29 is 9.53 Å². The van der Waals surface area contributed by atoms with Gasteiger partial charge in [0, 0.05) is 43.3 Å². The van der Waals surface area contributed by atoms with E-state index in [1.54, 1.807) is 0 Å². The third-order valence-electron chi connectivity index (χ3n) is 5.98. The second kappa shape index (κ2) is 9.80. The van der Waals surface area contributed by atoms with Crippen molar-refractivity contribution in [1.29, 1.82) is 0 Å². The summed E-state index contributed by atoms with van der Waals surface area (Å²) in [6.45, 7) is 3.86. The molecule has 4 aromatic rings. The number of aromatic nitrogens is 1. The van der Waals surface area contributed by atoms with E-state index in [1.165, 1.54) is 22.7 Å². The number of carbonyl (C=O) groups excluding carboxylic acids is 1. The molecule has 5 rings (SSSR count). The molecule has 34 heavy (non-hydrogen) atoms. The van der Waals surface area contributed by atoms with Crippen LogP contribution in [0.4, 0.5) is 22.9 Å². The van der Waals surface area contributed by atoms with Gasteiger partial charge < -0.3 is 26.0 Å². The van der Waals surface area contributed by atoms with E-state index in [0.717, 1.165) is 37.6 Å². The quantitative estimate of drug-likeness (QED) is 0.381. The summed E-state index contributed by atoms with van der Waals surface area (Å²) < 4.78 is 5.43. The number of carbonyl (C=O) groups is 1. The lowest BCUT2D eigenvalue weighted by Gasteiger charge is -2.28. The lowest BCUT2D eigenvalue weighted by atomic mass is 10.1. The third kappa shape index (κ3) is 4.94. The van der Waals surface area contributed by atoms with E-state index >= 15 is 0 Å². The highest BCUT2D eigenvalue weighted by atomic mass is 16.5. The lowest BCUT2D eigenvalue weighted by Crippen LogP contribution is -2.36. The number of nitrogens with zero attached hydrogens (tertiary/aromatic N) is 2. The van der Waals surface area contributed by atoms with Crippen molar-refractivity contribution in [3.63, 3.8) is 0 Å². The number of nitrogens with two attached hydrogens (primary N) is 1. The number of hydrogen-bond donors (Lipinski definition) is 3. The largest absolute Gasteiger partial charge is 0.380 e. The predicted molar refractivity (Wildman–Crippen MR) is 137 cm³/mol. The van der Waals surface area contributed by atoms with Crippen LogP contribution in [0.5, 0.6) is 0 Å². The second-order valence-electron chi connectivity index (χ2n) is 8.29. The standard InChI is InChI=1S/C27H27N5O2/c28-27(33)24-18-30-26(31-22-7-9-23(10-8-22)32-11-13-34-14-12-32)16-25(24)29-17-19-5-6-20-3-1-2-4-21(20)15-19/h1-10,15-16,18H,11-14,17H2,(H2,28,33)(H2,29,30,31). The Morgan fingerprint density at radius 3 is 2.50 bits per heavy atom. The fourth-order valence-corrected chi connectivity index (χ4v) is 4.14. The van der Waals surface area contributed by atoms with Crippen molar-refractivity contribution >= 4 is 39.6 Å². The first-order chi connectivity index (χ1) is 16.7. The van der Waals surface area contributed by atoms with Gasteiger partial charge in [0.05, 0.1) is 24.5 Å². The van der Waals surface area contributed by atoms with Gasteiger partial charge in [0.15, 0.2) is 0 Å². The van der Waals surface area contributed by atoms with Gasteiger partial charge in [-0.2, -0.15) is 0 Å². The SMILES string of the molecule is NC(=O)c1cnc(Nc2ccc(N3CCOCC3)cc2)cc1NCc1ccc2ccccc2c1. The molecule has 7 nitrogen and oxygen atoms in total. The molecule has 172 valence electrons. The maximum Gasteiger partial charge on any atom is 0.252 e. The number of nitrogens with one attached hydrogen (secondary N) is 2. The van der Waals surface area contributed by atoms with Gasteiger partial charge in [0.25, 0.3) is 5.91 Å². The Hall–Kier alpha value is -4.10. The van der Waals surface area contributed by atoms with Gasteiger partial charge in [-0.05, 0) is 46.7 Å². The summed E-state index contributed by atoms with van der Waals surface area (Å²) >= 11 is 0. The summed E-state index contributed by atoms with van der Waals surface area (Å²) in [7, 11) is 0. The van der Waals surface area contributed by atoms with E-state index in [-0.39, 0.29) is 0 Å². The summed E-state index contributed by atoms with van der Waals surface area (Å²) in [4.78, 5) is 18.7. The van der Waals surface area contributed by atoms with Gasteiger partial charge in [0.1, 0.15) is 5.82 Å². The number of primary amides is 1. The molecular formula is C27H27N5O2. The average molecular weight is 454 g/mol. The van der Waals surface area contributed by atoms with Crippen LogP contribution in [0, 0.1) is 0 Å². The molecule has 0 atom stereocenters. The number of hydrogen-bond acceptors (Lipinski definition) is 6. The van der Waals surface area contributed by atoms with Gasteiger partial charge in [-0.15, -0.1) is 0 Å². The first-order valence-electron chi connectivity index (χ1n) is 11.4. The molecule has 4 N–H and O–H groups in total. The molecule has 0 unspecified atom stereocenters. The Labute approximate surface area is 198 Å². The molecule has 0 radical (unpaired) electrons. The summed E-state index contributed by atoms with van der Waals surface area (Å²) in [5.74, 6) is 0.111. The van der Waals surface area contributed by atoms with E-state index in [0.29, 0.717) is 23.6 Å². The molecule has 1 aliphatic rings. The van der Waals surface area contributed by atoms with E-state index in [2.05, 4.69) is 63.0 Å². The molecular weight excluding hydrogens is 426 g/mol. The summed E-state index contributed by atoms with van der Waals surface area (Å²) in [6.07, 6.45) is 1.51. The molecule has 1 fully saturated rings. The smallest absolute Gasteiger partial charge is 0.252 e. The lowest BCUT2D eigenvalue weighted by molar-refractivity contribution is 0.100. The van der Waals surface area contributed by atoms with E-state index in [4.69, 9.17) is 10.5 Å². The Morgan fingerprint density at radius 1 is 0.971 bits per heavy atom. The van der Waals surface area contributed by atoms with Crippen LogP contribution in [0.15, 0.2) is 79.0 Å². The maximum absolute atomic E-state index is 12.0. The van der Waals surface area contributed by atoms with Gasteiger partial charge in [-0.3, -0.25) is 4.79 Å². The van der Waals surface area contributed by atoms with Gasteiger partial charge in [0.2, 0.25) is 0 Å². The fraction of sp³-hybridized carbons (Fsp3) is 0.185. The van der Waals surface area contributed by atoms with Crippen LogP contribution in [-0.2, 0) is 11.3 Å². The van der Waals surface area contributed by atoms with Crippen LogP contribution in [0.1, 0.15) is 15.9 Å². The van der Waals surface area contributed by atoms with E-state index < -0.39 is 5.91 Å². The number of anilines is 4. The van der Waals surface area contributed by atoms with E-state index in [9.17, 15) is 4.79 Å². The van der Waals surface area contributed by atoms with Crippen LogP contribution < -0.4 is 21.3 Å². The summed E-state index contributed by atoms with van der Waals surface area (Å²) in [6, 6.07) is 24.6. The topological polar surface area (TPSA) is 92.5 Å². The van der Waals surface area contributed by atoms with Crippen LogP contribution in [0.3, 0.4) is 0 Å². The Bertz CT molecular complexity index is 1300. The third-order valence-corrected chi connectivity index (χ3v) is 5.98. The Balaban J connectivity index is 1.31. The average Bonchev–Trinajstić information content (AvgIpc) is 2.88. The van der Waals surface area contributed by atoms with Crippen molar-refractivity contribution in [3.8, 4) is 0 Å². The minimum absolute atomic E-state index is 0.356. The van der Waals surface area contributed by atoms with Crippen molar-refractivity contribution in [2.24, 2.45) is 5.73 Å². The molecule has 0 aliphatic carbocycles. The number of morpholine rings is 1. The van der Waals surface area contributed by atoms with Crippen molar-refractivity contribution in [2.75, 3.05) is 41.8 Å². The van der Waals surface area contributed by atoms with E-state index in [1.807, 2.05) is 30.3 Å². The maximum atomic E-state index is 12.0. The number of amides is 1. The predicted octanol–water partition coefficient (Wildman–Crippen LogP) is 4.53. The highest BCUT2D eigenvalue weighted by molar-refractivity contribution is 5.98. The molecule has 3 aromatic carbocycles. The highest BCUT2D eigenvalue weighted by Crippen LogP contribution is 2.25. The van der Waals surface area contributed by atoms with Crippen LogP contribution in [0.2, 0.25) is 0 Å². The molecule has 1 saturated heterocycles. The number of pyridine rings is 1. The fourth-order valence-electron chi connectivity index (χ4n) is 4.14. The zero-order valence-electron chi connectivity index (χ0n) is 18.8. The van der Waals surface area contributed by atoms with Crippen LogP contribution in [-0.4, -0.2) is 37.2 Å². The first kappa shape index (κ1) is 21.7. The molecule has 7 heteroatoms. The number of rotatable bonds is 7. The monoisotopic (exact) mass is 453 g/mol. The summed E-state index contributed by atoms with van der Waals surface area (Å²) in [5.41, 5.74) is 9.79. The van der Waals surface area contributed by atoms with Crippen LogP contribution in [0.25, 0.3) is 10.8 Å². The normalized spacial score (nSPS) is 13.6. The first-order valence-corrected chi connectivity index (χ1v) is 11.4. The molecule has 1 aromatic heterocycles. The molecule has 1 aliphatic heterocycles. The van der Waals surface area contributed by atoms with Crippen molar-refractivity contribution in [1.82, 2.24) is 4.98 Å². The van der Waals surface area contributed by atoms with Gasteiger partial charge >= 0.3 is 0 Å². The number of ether oxygens (including phenoxy) is 1. The van der Waals surface area contributed by atoms with Gasteiger partial charge in [-0.1, -0.05) is 36.4 Å². The van der Waals surface area contributed by atoms with Crippen LogP contribution >= 0.6 is 0 Å². The summed E-state index contributed by atoms with van der Waals surface area (Å²) in [5, 5.41) is 9.04. The molecule has 0 saturated carbocycles.